The van der Waals surface area contributed by atoms with Gasteiger partial charge in [0.25, 0.3) is 5.91 Å². The number of hydrogen-bond donors (Lipinski definition) is 0. The van der Waals surface area contributed by atoms with Crippen LogP contribution < -0.4 is 9.47 Å². The lowest BCUT2D eigenvalue weighted by Gasteiger charge is -2.18. The van der Waals surface area contributed by atoms with E-state index in [2.05, 4.69) is 0 Å². The molecule has 2 saturated heterocycles. The maximum Gasteiger partial charge on any atom is 0.343 e. The lowest BCUT2D eigenvalue weighted by molar-refractivity contribution is -0.123. The number of rotatable bonds is 6. The Balaban J connectivity index is 1.49. The maximum atomic E-state index is 12.8. The number of nitrogens with zero attached hydrogens (tertiary/aromatic N) is 1. The summed E-state index contributed by atoms with van der Waals surface area (Å²) >= 11 is 6.67. The molecule has 2 aromatic carbocycles. The zero-order valence-corrected chi connectivity index (χ0v) is 18.5. The van der Waals surface area contributed by atoms with Gasteiger partial charge in [-0.3, -0.25) is 9.69 Å². The first-order valence-corrected chi connectivity index (χ1v) is 11.1. The lowest BCUT2D eigenvalue weighted by Crippen LogP contribution is -2.35. The summed E-state index contributed by atoms with van der Waals surface area (Å²) in [6.45, 7) is 1.22. The molecule has 8 heteroatoms. The van der Waals surface area contributed by atoms with Crippen molar-refractivity contribution in [2.75, 3.05) is 20.3 Å². The molecule has 1 amide bonds. The van der Waals surface area contributed by atoms with Gasteiger partial charge >= 0.3 is 5.97 Å². The molecule has 0 N–H and O–H groups in total. The van der Waals surface area contributed by atoms with Crippen molar-refractivity contribution in [1.29, 1.82) is 0 Å². The van der Waals surface area contributed by atoms with Crippen molar-refractivity contribution in [3.63, 3.8) is 0 Å². The molecule has 2 aromatic rings. The van der Waals surface area contributed by atoms with Crippen LogP contribution in [0.4, 0.5) is 0 Å². The normalized spacial score (nSPS) is 19.8. The monoisotopic (exact) mass is 455 g/mol. The molecule has 31 heavy (non-hydrogen) atoms. The molecule has 0 aromatic heterocycles. The minimum Gasteiger partial charge on any atom is -0.493 e. The molecule has 0 spiro atoms. The molecule has 0 bridgehead atoms. The van der Waals surface area contributed by atoms with E-state index in [-0.39, 0.29) is 12.0 Å². The van der Waals surface area contributed by atoms with Gasteiger partial charge in [-0.25, -0.2) is 4.79 Å². The van der Waals surface area contributed by atoms with Crippen LogP contribution in [0.25, 0.3) is 6.08 Å². The summed E-state index contributed by atoms with van der Waals surface area (Å²) < 4.78 is 17.0. The zero-order chi connectivity index (χ0) is 21.8. The molecular formula is C23H21NO5S2. The third kappa shape index (κ3) is 4.98. The largest absolute Gasteiger partial charge is 0.493 e. The summed E-state index contributed by atoms with van der Waals surface area (Å²) in [4.78, 5) is 27.3. The first-order chi connectivity index (χ1) is 15.0. The number of thioether (sulfide) groups is 1. The van der Waals surface area contributed by atoms with E-state index in [9.17, 15) is 9.59 Å². The van der Waals surface area contributed by atoms with E-state index < -0.39 is 5.97 Å². The number of benzene rings is 2. The van der Waals surface area contributed by atoms with E-state index >= 15 is 0 Å². The molecule has 4 rings (SSSR count). The van der Waals surface area contributed by atoms with Crippen molar-refractivity contribution in [2.45, 2.75) is 18.9 Å². The highest BCUT2D eigenvalue weighted by atomic mass is 32.2. The van der Waals surface area contributed by atoms with Crippen molar-refractivity contribution in [1.82, 2.24) is 4.90 Å². The Morgan fingerprint density at radius 3 is 2.77 bits per heavy atom. The molecule has 6 nitrogen and oxygen atoms in total. The third-order valence-corrected chi connectivity index (χ3v) is 6.36. The summed E-state index contributed by atoms with van der Waals surface area (Å²) in [7, 11) is 1.50. The molecule has 1 atom stereocenters. The second-order valence-electron chi connectivity index (χ2n) is 7.09. The molecule has 160 valence electrons. The smallest absolute Gasteiger partial charge is 0.343 e. The fourth-order valence-electron chi connectivity index (χ4n) is 3.39. The van der Waals surface area contributed by atoms with Crippen LogP contribution in [-0.4, -0.2) is 47.5 Å². The molecular weight excluding hydrogens is 434 g/mol. The summed E-state index contributed by atoms with van der Waals surface area (Å²) in [6.07, 6.45) is 3.76. The van der Waals surface area contributed by atoms with Crippen LogP contribution in [0.2, 0.25) is 0 Å². The van der Waals surface area contributed by atoms with Gasteiger partial charge in [-0.05, 0) is 48.7 Å². The Hall–Kier alpha value is -2.68. The molecule has 0 radical (unpaired) electrons. The first kappa shape index (κ1) is 21.5. The Bertz CT molecular complexity index is 1030. The van der Waals surface area contributed by atoms with Gasteiger partial charge in [0.05, 0.1) is 30.2 Å². The quantitative estimate of drug-likeness (QED) is 0.279. The van der Waals surface area contributed by atoms with Crippen molar-refractivity contribution in [3.8, 4) is 11.5 Å². The van der Waals surface area contributed by atoms with E-state index in [1.807, 2.05) is 6.07 Å². The lowest BCUT2D eigenvalue weighted by atomic mass is 10.1. The summed E-state index contributed by atoms with van der Waals surface area (Å²) in [5.41, 5.74) is 1.19. The minimum atomic E-state index is -0.471. The van der Waals surface area contributed by atoms with Gasteiger partial charge in [0.2, 0.25) is 0 Å². The molecule has 0 saturated carbocycles. The van der Waals surface area contributed by atoms with Gasteiger partial charge in [0, 0.05) is 6.61 Å². The molecule has 2 heterocycles. The summed E-state index contributed by atoms with van der Waals surface area (Å²) in [6, 6.07) is 13.9. The third-order valence-electron chi connectivity index (χ3n) is 4.98. The van der Waals surface area contributed by atoms with Gasteiger partial charge in [-0.1, -0.05) is 48.2 Å². The van der Waals surface area contributed by atoms with E-state index in [0.29, 0.717) is 32.8 Å². The van der Waals surface area contributed by atoms with Crippen molar-refractivity contribution in [2.24, 2.45) is 0 Å². The standard InChI is InChI=1S/C23H21NO5S2/c1-27-19-12-15(9-10-18(19)29-22(26)16-6-3-2-4-7-16)13-20-21(25)24(23(30)31-20)14-17-8-5-11-28-17/h2-4,6-7,9-10,12-13,17H,5,8,11,14H2,1H3/b20-13-. The number of carbonyl (C=O) groups excluding carboxylic acids is 2. The van der Waals surface area contributed by atoms with Crippen LogP contribution in [0.3, 0.4) is 0 Å². The van der Waals surface area contributed by atoms with Gasteiger partial charge < -0.3 is 14.2 Å². The van der Waals surface area contributed by atoms with Gasteiger partial charge in [0.1, 0.15) is 4.32 Å². The van der Waals surface area contributed by atoms with Crippen LogP contribution >= 0.6 is 24.0 Å². The Morgan fingerprint density at radius 1 is 1.26 bits per heavy atom. The van der Waals surface area contributed by atoms with E-state index in [4.69, 9.17) is 26.4 Å². The Kier molecular flexibility index (Phi) is 6.70. The summed E-state index contributed by atoms with van der Waals surface area (Å²) in [5, 5.41) is 0. The summed E-state index contributed by atoms with van der Waals surface area (Å²) in [5.74, 6) is 0.109. The Labute approximate surface area is 190 Å². The van der Waals surface area contributed by atoms with Crippen molar-refractivity contribution < 1.29 is 23.8 Å². The number of carbonyl (C=O) groups is 2. The molecule has 1 unspecified atom stereocenters. The van der Waals surface area contributed by atoms with Crippen LogP contribution in [0, 0.1) is 0 Å². The first-order valence-electron chi connectivity index (χ1n) is 9.87. The van der Waals surface area contributed by atoms with Gasteiger partial charge in [-0.15, -0.1) is 0 Å². The molecule has 2 fully saturated rings. The number of esters is 1. The van der Waals surface area contributed by atoms with Crippen LogP contribution in [0.5, 0.6) is 11.5 Å². The topological polar surface area (TPSA) is 65.1 Å². The predicted molar refractivity (Wildman–Crippen MR) is 123 cm³/mol. The highest BCUT2D eigenvalue weighted by Crippen LogP contribution is 2.35. The fourth-order valence-corrected chi connectivity index (χ4v) is 4.67. The average molecular weight is 456 g/mol. The maximum absolute atomic E-state index is 12.8. The van der Waals surface area contributed by atoms with Gasteiger partial charge in [-0.2, -0.15) is 0 Å². The van der Waals surface area contributed by atoms with Crippen LogP contribution in [0.1, 0.15) is 28.8 Å². The fraction of sp³-hybridized carbons (Fsp3) is 0.261. The molecule has 2 aliphatic heterocycles. The second kappa shape index (κ2) is 9.64. The number of hydrogen-bond acceptors (Lipinski definition) is 7. The minimum absolute atomic E-state index is 0.0422. The molecule has 0 aliphatic carbocycles. The Morgan fingerprint density at radius 2 is 2.06 bits per heavy atom. The average Bonchev–Trinajstić information content (AvgIpc) is 3.39. The number of methoxy groups -OCH3 is 1. The van der Waals surface area contributed by atoms with Crippen LogP contribution in [-0.2, 0) is 9.53 Å². The predicted octanol–water partition coefficient (Wildman–Crippen LogP) is 4.29. The number of amides is 1. The zero-order valence-electron chi connectivity index (χ0n) is 16.9. The van der Waals surface area contributed by atoms with E-state index in [1.54, 1.807) is 53.4 Å². The highest BCUT2D eigenvalue weighted by Gasteiger charge is 2.34. The van der Waals surface area contributed by atoms with Crippen LogP contribution in [0.15, 0.2) is 53.4 Å². The van der Waals surface area contributed by atoms with E-state index in [1.165, 1.54) is 18.9 Å². The van der Waals surface area contributed by atoms with E-state index in [0.717, 1.165) is 25.0 Å². The van der Waals surface area contributed by atoms with Gasteiger partial charge in [0.15, 0.2) is 11.5 Å². The highest BCUT2D eigenvalue weighted by molar-refractivity contribution is 8.26. The number of thiocarbonyl (C=S) groups is 1. The molecule has 2 aliphatic rings. The second-order valence-corrected chi connectivity index (χ2v) is 8.77. The number of ether oxygens (including phenoxy) is 3. The van der Waals surface area contributed by atoms with Crippen molar-refractivity contribution in [3.05, 3.63) is 64.6 Å². The van der Waals surface area contributed by atoms with Crippen molar-refractivity contribution >= 4 is 46.3 Å². The SMILES string of the molecule is COc1cc(/C=C2\SC(=S)N(CC3CCCO3)C2=O)ccc1OC(=O)c1ccccc1.